The Labute approximate surface area is 327 Å². The molecule has 1 aromatic carbocycles. The maximum absolute atomic E-state index is 14.7. The molecule has 56 heavy (non-hydrogen) atoms. The number of hydrogen-bond donors (Lipinski definition) is 3. The zero-order valence-electron chi connectivity index (χ0n) is 32.2. The molecule has 1 saturated heterocycles. The number of nitrogens with one attached hydrogen (secondary N) is 3. The lowest BCUT2D eigenvalue weighted by Crippen LogP contribution is -2.58. The number of pyridine rings is 1. The van der Waals surface area contributed by atoms with Gasteiger partial charge in [-0.05, 0) is 76.5 Å². The number of amides is 4. The fourth-order valence-corrected chi connectivity index (χ4v) is 9.24. The number of alkyl carbamates (subject to hydrolysis) is 1. The minimum atomic E-state index is -4.56. The number of nitrogens with zero attached hydrogens (tertiary/aromatic N) is 2. The molecular formula is C40H50F3N5O7S. The molecule has 2 saturated carbocycles. The summed E-state index contributed by atoms with van der Waals surface area (Å²) in [5, 5.41) is 6.04. The van der Waals surface area contributed by atoms with E-state index in [2.05, 4.69) is 20.3 Å². The molecule has 4 amide bonds. The molecule has 5 aliphatic rings. The number of fused-ring (bicyclic) bond motifs is 5. The normalized spacial score (nSPS) is 29.8. The second-order valence-corrected chi connectivity index (χ2v) is 18.6. The van der Waals surface area contributed by atoms with Gasteiger partial charge < -0.3 is 29.6 Å². The van der Waals surface area contributed by atoms with Crippen molar-refractivity contribution in [3.63, 3.8) is 0 Å². The molecular weight excluding hydrogens is 752 g/mol. The van der Waals surface area contributed by atoms with Crippen molar-refractivity contribution < 1.29 is 46.4 Å². The lowest BCUT2D eigenvalue weighted by Gasteiger charge is -2.37. The first-order valence-corrected chi connectivity index (χ1v) is 20.7. The average molecular weight is 802 g/mol. The highest BCUT2D eigenvalue weighted by Gasteiger charge is 2.64. The summed E-state index contributed by atoms with van der Waals surface area (Å²) in [4.78, 5) is 62.1. The highest BCUT2D eigenvalue weighted by Crippen LogP contribution is 2.49. The number of aromatic nitrogens is 1. The molecule has 1 aromatic heterocycles. The van der Waals surface area contributed by atoms with Gasteiger partial charge in [0.25, 0.3) is 5.91 Å². The van der Waals surface area contributed by atoms with Crippen LogP contribution in [0.25, 0.3) is 10.9 Å². The summed E-state index contributed by atoms with van der Waals surface area (Å²) in [6, 6.07) is 1.25. The van der Waals surface area contributed by atoms with Crippen molar-refractivity contribution in [1.82, 2.24) is 25.2 Å². The highest BCUT2D eigenvalue weighted by atomic mass is 32.2. The third-order valence-corrected chi connectivity index (χ3v) is 13.6. The Morgan fingerprint density at radius 1 is 1.16 bits per heavy atom. The molecule has 1 spiro atoms. The molecule has 1 unspecified atom stereocenters. The van der Waals surface area contributed by atoms with E-state index < -0.39 is 74.9 Å². The topological polar surface area (TPSA) is 162 Å². The van der Waals surface area contributed by atoms with E-state index in [1.807, 2.05) is 32.9 Å². The second kappa shape index (κ2) is 15.0. The first kappa shape index (κ1) is 40.2. The number of halogens is 3. The third kappa shape index (κ3) is 8.05. The molecule has 3 aliphatic heterocycles. The van der Waals surface area contributed by atoms with E-state index in [1.165, 1.54) is 11.0 Å². The molecule has 2 aliphatic carbocycles. The van der Waals surface area contributed by atoms with Gasteiger partial charge in [0.2, 0.25) is 11.8 Å². The number of carbonyl (C=O) groups excluding carboxylic acids is 4. The predicted octanol–water partition coefficient (Wildman–Crippen LogP) is 5.71. The molecule has 0 bridgehead atoms. The number of benzene rings is 1. The second-order valence-electron chi connectivity index (χ2n) is 16.9. The van der Waals surface area contributed by atoms with Crippen LogP contribution >= 0.6 is 0 Å². The van der Waals surface area contributed by atoms with Crippen molar-refractivity contribution in [2.45, 2.75) is 132 Å². The minimum absolute atomic E-state index is 0.0107. The third-order valence-electron chi connectivity index (χ3n) is 11.9. The van der Waals surface area contributed by atoms with Gasteiger partial charge in [0.15, 0.2) is 0 Å². The van der Waals surface area contributed by atoms with Gasteiger partial charge in [-0.15, -0.1) is 0 Å². The summed E-state index contributed by atoms with van der Waals surface area (Å²) >= 11 is -1.66. The Hall–Kier alpha value is -4.05. The quantitative estimate of drug-likeness (QED) is 0.248. The van der Waals surface area contributed by atoms with Crippen LogP contribution in [0, 0.1) is 18.8 Å². The van der Waals surface area contributed by atoms with Crippen LogP contribution in [0.3, 0.4) is 0 Å². The van der Waals surface area contributed by atoms with Gasteiger partial charge in [-0.3, -0.25) is 14.4 Å². The Bertz CT molecular complexity index is 1940. The minimum Gasteiger partial charge on any atom is -0.593 e. The predicted molar refractivity (Wildman–Crippen MR) is 202 cm³/mol. The molecule has 3 fully saturated rings. The number of aryl methyl sites for hydroxylation is 2. The van der Waals surface area contributed by atoms with Gasteiger partial charge in [-0.2, -0.15) is 17.9 Å². The molecule has 2 aromatic rings. The lowest BCUT2D eigenvalue weighted by atomic mass is 9.87. The van der Waals surface area contributed by atoms with Crippen LogP contribution < -0.4 is 20.1 Å². The lowest BCUT2D eigenvalue weighted by molar-refractivity contribution is -0.141. The zero-order valence-corrected chi connectivity index (χ0v) is 33.0. The van der Waals surface area contributed by atoms with Crippen LogP contribution in [-0.2, 0) is 43.1 Å². The van der Waals surface area contributed by atoms with Gasteiger partial charge in [0.05, 0.1) is 41.3 Å². The van der Waals surface area contributed by atoms with Crippen LogP contribution in [0.1, 0.15) is 102 Å². The summed E-state index contributed by atoms with van der Waals surface area (Å²) in [7, 11) is 0. The number of hydrogen-bond acceptors (Lipinski definition) is 8. The Morgan fingerprint density at radius 3 is 2.64 bits per heavy atom. The van der Waals surface area contributed by atoms with Gasteiger partial charge >= 0.3 is 12.3 Å². The molecule has 304 valence electrons. The van der Waals surface area contributed by atoms with Crippen molar-refractivity contribution in [1.29, 1.82) is 0 Å². The molecule has 7 rings (SSSR count). The molecule has 16 heteroatoms. The van der Waals surface area contributed by atoms with Crippen molar-refractivity contribution in [3.8, 4) is 5.75 Å². The fraction of sp³-hybridized carbons (Fsp3) is 0.625. The van der Waals surface area contributed by atoms with E-state index in [4.69, 9.17) is 9.47 Å². The maximum Gasteiger partial charge on any atom is 0.416 e. The van der Waals surface area contributed by atoms with Crippen molar-refractivity contribution >= 4 is 46.1 Å². The number of alkyl halides is 3. The summed E-state index contributed by atoms with van der Waals surface area (Å²) in [6.07, 6.45) is 4.02. The van der Waals surface area contributed by atoms with E-state index in [-0.39, 0.29) is 50.7 Å². The maximum atomic E-state index is 14.7. The van der Waals surface area contributed by atoms with E-state index in [0.29, 0.717) is 60.0 Å². The number of carbonyl (C=O) groups is 4. The molecule has 4 heterocycles. The summed E-state index contributed by atoms with van der Waals surface area (Å²) < 4.78 is 68.6. The molecule has 12 nitrogen and oxygen atoms in total. The van der Waals surface area contributed by atoms with Crippen molar-refractivity contribution in [2.24, 2.45) is 11.8 Å². The van der Waals surface area contributed by atoms with Crippen LogP contribution in [0.4, 0.5) is 18.0 Å². The van der Waals surface area contributed by atoms with E-state index in [1.54, 1.807) is 6.92 Å². The van der Waals surface area contributed by atoms with Gasteiger partial charge in [-0.25, -0.2) is 9.78 Å². The summed E-state index contributed by atoms with van der Waals surface area (Å²) in [5.74, 6) is -1.65. The monoisotopic (exact) mass is 801 g/mol. The SMILES string of the molecule is Cc1nc2ccc(C(F)(F)F)cc2c2c1O[C@]1(CC2)C[C@H]2C(=O)N[C@]3(C(=O)N[S+]([O-])C4(C)CC4)C[C@H]3/C=C\CCCCC[C@H](NC(=O)OCC(C)C)C(=O)N2C1. The van der Waals surface area contributed by atoms with Gasteiger partial charge in [0.1, 0.15) is 33.7 Å². The van der Waals surface area contributed by atoms with Crippen molar-refractivity contribution in [3.05, 3.63) is 47.2 Å². The van der Waals surface area contributed by atoms with Gasteiger partial charge in [0, 0.05) is 36.1 Å². The zero-order chi connectivity index (χ0) is 40.2. The Balaban J connectivity index is 1.22. The Morgan fingerprint density at radius 2 is 1.93 bits per heavy atom. The summed E-state index contributed by atoms with van der Waals surface area (Å²) in [5.41, 5.74) is -1.90. The van der Waals surface area contributed by atoms with E-state index in [0.717, 1.165) is 25.0 Å². The van der Waals surface area contributed by atoms with Crippen LogP contribution in [0.15, 0.2) is 30.4 Å². The van der Waals surface area contributed by atoms with Gasteiger partial charge in [-0.1, -0.05) is 38.8 Å². The van der Waals surface area contributed by atoms with E-state index >= 15 is 0 Å². The highest BCUT2D eigenvalue weighted by molar-refractivity contribution is 7.91. The average Bonchev–Trinajstić information content (AvgIpc) is 4.03. The number of rotatable bonds is 6. The largest absolute Gasteiger partial charge is 0.593 e. The van der Waals surface area contributed by atoms with Crippen LogP contribution in [0.5, 0.6) is 5.75 Å². The van der Waals surface area contributed by atoms with Crippen molar-refractivity contribution in [2.75, 3.05) is 13.2 Å². The molecule has 0 radical (unpaired) electrons. The molecule has 6 atom stereocenters. The number of ether oxygens (including phenoxy) is 2. The van der Waals surface area contributed by atoms with E-state index in [9.17, 15) is 36.9 Å². The molecule has 3 N–H and O–H groups in total. The summed E-state index contributed by atoms with van der Waals surface area (Å²) in [6.45, 7) is 7.41. The first-order valence-electron chi connectivity index (χ1n) is 19.6. The smallest absolute Gasteiger partial charge is 0.416 e. The standard InChI is InChI=1S/C40H50F3N5O7S/c1-23(2)21-54-36(52)45-30-11-9-7-5-6-8-10-26-19-39(26,35(51)47-56(53)37(4)16-17-37)46-33(49)31-20-38(22-48(31)34(30)50)15-14-27-28-18-25(40(41,42)43)12-13-29(28)44-24(3)32(27)55-38/h8,10,12-13,18,23,26,30-31H,5-7,9,11,14-17,19-22H2,1-4H3,(H,45,52)(H,46,49)(H,47,51)/b10-8-/t26-,30+,31+,38-,39-,56?/m1/s1. The van der Waals surface area contributed by atoms with Crippen LogP contribution in [-0.4, -0.2) is 79.4 Å². The fourth-order valence-electron chi connectivity index (χ4n) is 8.17. The Kier molecular flexibility index (Phi) is 10.8. The van der Waals surface area contributed by atoms with Crippen LogP contribution in [0.2, 0.25) is 0 Å². The number of allylic oxidation sites excluding steroid dienone is 1. The first-order chi connectivity index (χ1) is 26.4.